The molecule has 4 N–H and O–H groups in total. The lowest BCUT2D eigenvalue weighted by Gasteiger charge is -2.51. The lowest BCUT2D eigenvalue weighted by Crippen LogP contribution is -2.66. The number of aromatic nitrogens is 2. The first-order valence-electron chi connectivity index (χ1n) is 16.8. The first-order chi connectivity index (χ1) is 26.4. The number of sulfonamides is 1. The molecule has 294 valence electrons. The van der Waals surface area contributed by atoms with Crippen LogP contribution in [0.15, 0.2) is 66.8 Å². The van der Waals surface area contributed by atoms with E-state index in [9.17, 15) is 58.0 Å². The van der Waals surface area contributed by atoms with Crippen molar-refractivity contribution >= 4 is 66.9 Å². The van der Waals surface area contributed by atoms with E-state index in [2.05, 4.69) is 15.0 Å². The maximum Gasteiger partial charge on any atom is 0.407 e. The summed E-state index contributed by atoms with van der Waals surface area (Å²) >= 11 is 0.995. The molecule has 0 spiro atoms. The van der Waals surface area contributed by atoms with Gasteiger partial charge >= 0.3 is 12.1 Å². The highest BCUT2D eigenvalue weighted by Gasteiger charge is 2.66. The number of aliphatic carboxylic acids is 1. The lowest BCUT2D eigenvalue weighted by molar-refractivity contribution is -0.385. The van der Waals surface area contributed by atoms with E-state index < -0.39 is 79.4 Å². The number of nitrogens with one attached hydrogen (secondary N) is 2. The number of hydrogen-bond acceptors (Lipinski definition) is 14. The number of alkyl carbamates (subject to hydrolysis) is 1. The van der Waals surface area contributed by atoms with Gasteiger partial charge in [0.15, 0.2) is 5.78 Å². The molecule has 4 aromatic rings. The highest BCUT2D eigenvalue weighted by molar-refractivity contribution is 7.89. The monoisotopic (exact) mass is 811 g/mol. The van der Waals surface area contributed by atoms with Crippen molar-refractivity contribution in [3.05, 3.63) is 109 Å². The quantitative estimate of drug-likeness (QED) is 0.0548. The molecule has 20 nitrogen and oxygen atoms in total. The molecular formula is C34H33N7O13S2. The largest absolute Gasteiger partial charge is 0.477 e. The molecule has 2 aromatic carbocycles. The number of β-lactam (4-membered cyclic amide) rings is 1. The predicted molar refractivity (Wildman–Crippen MR) is 196 cm³/mol. The number of aliphatic hydroxyl groups excluding tert-OH is 1. The van der Waals surface area contributed by atoms with Gasteiger partial charge in [0.1, 0.15) is 29.2 Å². The van der Waals surface area contributed by atoms with Crippen LogP contribution in [0.3, 0.4) is 0 Å². The minimum Gasteiger partial charge on any atom is -0.477 e. The Morgan fingerprint density at radius 3 is 2.23 bits per heavy atom. The standard InChI is InChI=1S/C34H33N7O13S2/c1-18(42)25-29-34(2,13-19-3-7-21(8-4-19)40(48)49)26(28(32(45)46)39(29)30(25)44)24-15-38-17-36-27(31(38)55-24)23(43)14-37-56(52,53)12-11-35-33(47)54-16-20-5-9-22(10-6-20)41(50)51/h3-10,15,17-18,25,29,37,42H,11-14,16H2,1-2H3,(H,35,47)(H,45,46)/t18-,25-,29-,34+/m1/s1. The minimum atomic E-state index is -4.10. The van der Waals surface area contributed by atoms with Gasteiger partial charge in [-0.3, -0.25) is 34.2 Å². The second kappa shape index (κ2) is 15.2. The number of carboxylic acid groups (broad SMARTS) is 1. The average molecular weight is 812 g/mol. The summed E-state index contributed by atoms with van der Waals surface area (Å²) < 4.78 is 33.9. The molecule has 2 amide bonds. The lowest BCUT2D eigenvalue weighted by atomic mass is 9.64. The number of non-ortho nitro benzene ring substituents is 2. The van der Waals surface area contributed by atoms with Gasteiger partial charge in [-0.05, 0) is 36.6 Å². The number of benzene rings is 2. The summed E-state index contributed by atoms with van der Waals surface area (Å²) in [6.45, 7) is 1.89. The number of rotatable bonds is 16. The van der Waals surface area contributed by atoms with Crippen LogP contribution >= 0.6 is 11.3 Å². The Morgan fingerprint density at radius 2 is 1.66 bits per heavy atom. The number of ketones is 1. The van der Waals surface area contributed by atoms with Gasteiger partial charge < -0.3 is 25.2 Å². The van der Waals surface area contributed by atoms with E-state index in [-0.39, 0.29) is 52.7 Å². The molecule has 22 heteroatoms. The Labute approximate surface area is 320 Å². The van der Waals surface area contributed by atoms with Crippen LogP contribution in [-0.4, -0.2) is 97.5 Å². The Morgan fingerprint density at radius 1 is 1.05 bits per heavy atom. The molecule has 0 bridgehead atoms. The van der Waals surface area contributed by atoms with Crippen LogP contribution in [0.2, 0.25) is 0 Å². The van der Waals surface area contributed by atoms with Gasteiger partial charge in [0.2, 0.25) is 15.9 Å². The third-order valence-corrected chi connectivity index (χ3v) is 12.1. The number of amides is 2. The van der Waals surface area contributed by atoms with Crippen molar-refractivity contribution in [2.75, 3.05) is 18.8 Å². The number of carbonyl (C=O) groups excluding carboxylic acids is 3. The van der Waals surface area contributed by atoms with Gasteiger partial charge in [0.05, 0.1) is 45.1 Å². The Hall–Kier alpha value is -6.10. The van der Waals surface area contributed by atoms with Crippen molar-refractivity contribution in [2.24, 2.45) is 11.3 Å². The SMILES string of the molecule is C[C@@H](O)[C@H]1C(=O)N2C(C(=O)O)=C(c3cn4cnc(C(=O)CNS(=O)(=O)CCNC(=O)OCc5ccc([N+](=O)[O-])cc5)c4s3)[C@](C)(Cc3ccc([N+](=O)[O-])cc3)[C@@H]12. The highest BCUT2D eigenvalue weighted by Crippen LogP contribution is 2.59. The number of nitro benzene ring substituents is 2. The Balaban J connectivity index is 1.16. The van der Waals surface area contributed by atoms with Crippen molar-refractivity contribution in [1.29, 1.82) is 0 Å². The number of nitrogens with zero attached hydrogens (tertiary/aromatic N) is 5. The first kappa shape index (κ1) is 39.6. The number of nitro groups is 2. The normalized spacial score (nSPS) is 19.7. The molecule has 2 aromatic heterocycles. The summed E-state index contributed by atoms with van der Waals surface area (Å²) in [4.78, 5) is 78.3. The minimum absolute atomic E-state index is 0.120. The van der Waals surface area contributed by atoms with E-state index >= 15 is 0 Å². The maximum atomic E-state index is 13.3. The Kier molecular flexibility index (Phi) is 10.7. The third-order valence-electron chi connectivity index (χ3n) is 9.61. The molecule has 0 radical (unpaired) electrons. The number of hydrogen-bond donors (Lipinski definition) is 4. The Bertz CT molecular complexity index is 2410. The van der Waals surface area contributed by atoms with Gasteiger partial charge in [-0.25, -0.2) is 27.7 Å². The van der Waals surface area contributed by atoms with Crippen molar-refractivity contribution in [1.82, 2.24) is 24.3 Å². The zero-order valence-electron chi connectivity index (χ0n) is 29.5. The van der Waals surface area contributed by atoms with Crippen molar-refractivity contribution in [3.63, 3.8) is 0 Å². The summed E-state index contributed by atoms with van der Waals surface area (Å²) in [6.07, 6.45) is 0.905. The van der Waals surface area contributed by atoms with Crippen LogP contribution in [-0.2, 0) is 37.4 Å². The molecule has 1 saturated heterocycles. The molecule has 2 aliphatic heterocycles. The van der Waals surface area contributed by atoms with Crippen LogP contribution < -0.4 is 10.0 Å². The van der Waals surface area contributed by atoms with Crippen LogP contribution in [0.4, 0.5) is 16.2 Å². The molecule has 0 aliphatic carbocycles. The van der Waals surface area contributed by atoms with Gasteiger partial charge in [-0.1, -0.05) is 19.1 Å². The van der Waals surface area contributed by atoms with Gasteiger partial charge in [-0.15, -0.1) is 11.3 Å². The number of imidazole rings is 1. The van der Waals surface area contributed by atoms with Crippen molar-refractivity contribution in [3.8, 4) is 0 Å². The fourth-order valence-corrected chi connectivity index (χ4v) is 9.19. The van der Waals surface area contributed by atoms with Crippen molar-refractivity contribution in [2.45, 2.75) is 39.0 Å². The molecule has 4 atom stereocenters. The van der Waals surface area contributed by atoms with Gasteiger partial charge in [0, 0.05) is 48.0 Å². The summed E-state index contributed by atoms with van der Waals surface area (Å²) in [5, 5.41) is 45.3. The van der Waals surface area contributed by atoms with E-state index in [0.717, 1.165) is 16.2 Å². The maximum absolute atomic E-state index is 13.3. The summed E-state index contributed by atoms with van der Waals surface area (Å²) in [5.41, 5.74) is -0.530. The van der Waals surface area contributed by atoms with Crippen LogP contribution in [0, 0.1) is 31.6 Å². The zero-order chi connectivity index (χ0) is 40.7. The van der Waals surface area contributed by atoms with E-state index in [1.807, 2.05) is 0 Å². The molecule has 6 rings (SSSR count). The smallest absolute Gasteiger partial charge is 0.407 e. The molecule has 0 saturated carbocycles. The number of fused-ring (bicyclic) bond motifs is 2. The van der Waals surface area contributed by atoms with E-state index in [0.29, 0.717) is 16.0 Å². The number of Topliss-reactive ketones (excluding diaryl/α,β-unsaturated/α-hetero) is 1. The number of carboxylic acids is 1. The van der Waals surface area contributed by atoms with Crippen LogP contribution in [0.25, 0.3) is 10.4 Å². The van der Waals surface area contributed by atoms with Gasteiger partial charge in [0.25, 0.3) is 11.4 Å². The molecule has 2 aliphatic rings. The topological polar surface area (TPSA) is 283 Å². The number of ether oxygens (including phenoxy) is 1. The fraction of sp³-hybridized carbons (Fsp3) is 0.324. The van der Waals surface area contributed by atoms with Crippen LogP contribution in [0.5, 0.6) is 0 Å². The number of aliphatic hydroxyl groups is 1. The number of carbonyl (C=O) groups is 4. The first-order valence-corrected chi connectivity index (χ1v) is 19.2. The molecule has 56 heavy (non-hydrogen) atoms. The predicted octanol–water partition coefficient (Wildman–Crippen LogP) is 2.51. The van der Waals surface area contributed by atoms with E-state index in [1.165, 1.54) is 66.2 Å². The number of thiazole rings is 1. The van der Waals surface area contributed by atoms with Crippen LogP contribution in [0.1, 0.15) is 40.3 Å². The molecule has 1 fully saturated rings. The highest BCUT2D eigenvalue weighted by atomic mass is 32.2. The van der Waals surface area contributed by atoms with E-state index in [4.69, 9.17) is 4.74 Å². The molecular weight excluding hydrogens is 779 g/mol. The molecule has 0 unspecified atom stereocenters. The van der Waals surface area contributed by atoms with Crippen molar-refractivity contribution < 1.29 is 52.4 Å². The zero-order valence-corrected chi connectivity index (χ0v) is 31.1. The third kappa shape index (κ3) is 7.58. The summed E-state index contributed by atoms with van der Waals surface area (Å²) in [5.74, 6) is -4.25. The fourth-order valence-electron chi connectivity index (χ4n) is 7.05. The summed E-state index contributed by atoms with van der Waals surface area (Å²) in [7, 11) is -4.10. The second-order valence-corrected chi connectivity index (χ2v) is 16.3. The van der Waals surface area contributed by atoms with Gasteiger partial charge in [-0.2, -0.15) is 0 Å². The average Bonchev–Trinajstić information content (AvgIpc) is 3.78. The molecule has 4 heterocycles. The second-order valence-electron chi connectivity index (χ2n) is 13.4. The summed E-state index contributed by atoms with van der Waals surface area (Å²) in [6, 6.07) is 10.2. The van der Waals surface area contributed by atoms with E-state index in [1.54, 1.807) is 13.1 Å².